The summed E-state index contributed by atoms with van der Waals surface area (Å²) in [5.74, 6) is 0. The van der Waals surface area contributed by atoms with Crippen LogP contribution in [0, 0.1) is 11.3 Å². The molecule has 100 valence electrons. The lowest BCUT2D eigenvalue weighted by atomic mass is 9.99. The first-order valence-electron chi connectivity index (χ1n) is 7.31. The van der Waals surface area contributed by atoms with E-state index in [1.807, 2.05) is 18.2 Å². The van der Waals surface area contributed by atoms with Gasteiger partial charge in [-0.05, 0) is 31.0 Å². The molecule has 0 radical (unpaired) electrons. The van der Waals surface area contributed by atoms with Gasteiger partial charge in [0, 0.05) is 32.2 Å². The Hall–Kier alpha value is -1.37. The fourth-order valence-corrected chi connectivity index (χ4v) is 3.37. The van der Waals surface area contributed by atoms with Crippen molar-refractivity contribution in [1.82, 2.24) is 9.80 Å². The molecule has 2 heterocycles. The van der Waals surface area contributed by atoms with E-state index in [0.29, 0.717) is 0 Å². The minimum atomic E-state index is 0.747. The molecule has 2 aliphatic rings. The van der Waals surface area contributed by atoms with Gasteiger partial charge in [-0.15, -0.1) is 0 Å². The van der Waals surface area contributed by atoms with Crippen LogP contribution >= 0.6 is 0 Å². The minimum Gasteiger partial charge on any atom is -0.298 e. The highest BCUT2D eigenvalue weighted by atomic mass is 15.3. The van der Waals surface area contributed by atoms with Crippen molar-refractivity contribution in [3.05, 3.63) is 35.4 Å². The van der Waals surface area contributed by atoms with Crippen LogP contribution in [0.1, 0.15) is 30.4 Å². The summed E-state index contributed by atoms with van der Waals surface area (Å²) < 4.78 is 0. The van der Waals surface area contributed by atoms with E-state index in [1.54, 1.807) is 0 Å². The first-order chi connectivity index (χ1) is 9.36. The van der Waals surface area contributed by atoms with Gasteiger partial charge in [0.05, 0.1) is 11.6 Å². The van der Waals surface area contributed by atoms with Crippen LogP contribution < -0.4 is 0 Å². The van der Waals surface area contributed by atoms with E-state index in [0.717, 1.165) is 24.7 Å². The molecule has 0 aliphatic carbocycles. The van der Waals surface area contributed by atoms with E-state index in [2.05, 4.69) is 21.9 Å². The number of nitriles is 1. The summed E-state index contributed by atoms with van der Waals surface area (Å²) in [7, 11) is 0. The van der Waals surface area contributed by atoms with Gasteiger partial charge in [0.15, 0.2) is 0 Å². The van der Waals surface area contributed by atoms with Gasteiger partial charge in [0.25, 0.3) is 0 Å². The molecule has 3 heteroatoms. The molecule has 1 atom stereocenters. The smallest absolute Gasteiger partial charge is 0.0995 e. The first-order valence-corrected chi connectivity index (χ1v) is 7.31. The molecule has 3 nitrogen and oxygen atoms in total. The molecule has 19 heavy (non-hydrogen) atoms. The topological polar surface area (TPSA) is 30.3 Å². The summed E-state index contributed by atoms with van der Waals surface area (Å²) >= 11 is 0. The average Bonchev–Trinajstić information content (AvgIpc) is 2.48. The molecule has 2 aliphatic heterocycles. The number of hydrogen-bond donors (Lipinski definition) is 0. The monoisotopic (exact) mass is 255 g/mol. The third kappa shape index (κ3) is 2.80. The Bertz CT molecular complexity index is 477. The van der Waals surface area contributed by atoms with Crippen LogP contribution in [0.3, 0.4) is 0 Å². The van der Waals surface area contributed by atoms with E-state index in [-0.39, 0.29) is 0 Å². The van der Waals surface area contributed by atoms with Crippen LogP contribution in [-0.4, -0.2) is 42.0 Å². The highest BCUT2D eigenvalue weighted by molar-refractivity contribution is 5.37. The maximum absolute atomic E-state index is 9.16. The maximum Gasteiger partial charge on any atom is 0.0995 e. The number of rotatable bonds is 2. The minimum absolute atomic E-state index is 0.747. The molecule has 1 aromatic rings. The molecule has 0 aromatic heterocycles. The Kier molecular flexibility index (Phi) is 3.82. The Balaban J connectivity index is 1.66. The van der Waals surface area contributed by atoms with E-state index >= 15 is 0 Å². The van der Waals surface area contributed by atoms with Crippen molar-refractivity contribution in [1.29, 1.82) is 5.26 Å². The zero-order valence-corrected chi connectivity index (χ0v) is 11.4. The van der Waals surface area contributed by atoms with Crippen LogP contribution in [-0.2, 0) is 6.54 Å². The third-order valence-corrected chi connectivity index (χ3v) is 4.45. The molecule has 1 aromatic carbocycles. The van der Waals surface area contributed by atoms with E-state index in [1.165, 1.54) is 44.5 Å². The molecule has 0 spiro atoms. The van der Waals surface area contributed by atoms with Crippen LogP contribution in [0.4, 0.5) is 0 Å². The summed E-state index contributed by atoms with van der Waals surface area (Å²) in [5.41, 5.74) is 2.00. The largest absolute Gasteiger partial charge is 0.298 e. The molecule has 2 fully saturated rings. The van der Waals surface area contributed by atoms with Crippen LogP contribution in [0.25, 0.3) is 0 Å². The van der Waals surface area contributed by atoms with Gasteiger partial charge in [0.2, 0.25) is 0 Å². The van der Waals surface area contributed by atoms with Gasteiger partial charge < -0.3 is 0 Å². The quantitative estimate of drug-likeness (QED) is 0.812. The highest BCUT2D eigenvalue weighted by Crippen LogP contribution is 2.22. The van der Waals surface area contributed by atoms with E-state index < -0.39 is 0 Å². The lowest BCUT2D eigenvalue weighted by Crippen LogP contribution is -2.54. The van der Waals surface area contributed by atoms with Crippen LogP contribution in [0.2, 0.25) is 0 Å². The summed E-state index contributed by atoms with van der Waals surface area (Å²) in [6.45, 7) is 5.71. The number of nitrogens with zero attached hydrogens (tertiary/aromatic N) is 3. The number of piperazine rings is 1. The van der Waals surface area contributed by atoms with E-state index in [9.17, 15) is 0 Å². The molecular formula is C16H21N3. The van der Waals surface area contributed by atoms with Crippen molar-refractivity contribution in [2.75, 3.05) is 26.2 Å². The number of hydrogen-bond acceptors (Lipinski definition) is 3. The van der Waals surface area contributed by atoms with Gasteiger partial charge in [-0.1, -0.05) is 24.6 Å². The van der Waals surface area contributed by atoms with Crippen molar-refractivity contribution in [2.24, 2.45) is 0 Å². The van der Waals surface area contributed by atoms with Crippen LogP contribution in [0.15, 0.2) is 24.3 Å². The van der Waals surface area contributed by atoms with Crippen molar-refractivity contribution in [3.63, 3.8) is 0 Å². The average molecular weight is 255 g/mol. The zero-order chi connectivity index (χ0) is 13.1. The zero-order valence-electron chi connectivity index (χ0n) is 11.4. The van der Waals surface area contributed by atoms with Crippen molar-refractivity contribution < 1.29 is 0 Å². The second kappa shape index (κ2) is 5.73. The number of fused-ring (bicyclic) bond motifs is 1. The number of benzene rings is 1. The molecule has 2 saturated heterocycles. The SMILES string of the molecule is N#Cc1ccccc1CN1CCN2CCCCC2C1. The molecule has 0 saturated carbocycles. The second-order valence-corrected chi connectivity index (χ2v) is 5.69. The Morgan fingerprint density at radius 1 is 1.16 bits per heavy atom. The molecular weight excluding hydrogens is 234 g/mol. The van der Waals surface area contributed by atoms with E-state index in [4.69, 9.17) is 5.26 Å². The standard InChI is InChI=1S/C16H21N3/c17-11-14-5-1-2-6-15(14)12-18-9-10-19-8-4-3-7-16(19)13-18/h1-2,5-6,16H,3-4,7-10,12-13H2. The predicted molar refractivity (Wildman–Crippen MR) is 75.6 cm³/mol. The molecule has 0 amide bonds. The molecule has 0 N–H and O–H groups in total. The van der Waals surface area contributed by atoms with Gasteiger partial charge in [0.1, 0.15) is 0 Å². The van der Waals surface area contributed by atoms with Crippen molar-refractivity contribution in [3.8, 4) is 6.07 Å². The summed E-state index contributed by atoms with van der Waals surface area (Å²) in [5, 5.41) is 9.16. The fourth-order valence-electron chi connectivity index (χ4n) is 3.37. The van der Waals surface area contributed by atoms with Gasteiger partial charge >= 0.3 is 0 Å². The molecule has 0 bridgehead atoms. The first kappa shape index (κ1) is 12.7. The molecule has 1 unspecified atom stereocenters. The Labute approximate surface area is 115 Å². The predicted octanol–water partition coefficient (Wildman–Crippen LogP) is 2.23. The lowest BCUT2D eigenvalue weighted by Gasteiger charge is -2.44. The summed E-state index contributed by atoms with van der Waals surface area (Å²) in [6.07, 6.45) is 4.09. The fraction of sp³-hybridized carbons (Fsp3) is 0.562. The second-order valence-electron chi connectivity index (χ2n) is 5.69. The number of piperidine rings is 1. The highest BCUT2D eigenvalue weighted by Gasteiger charge is 2.28. The maximum atomic E-state index is 9.16. The third-order valence-electron chi connectivity index (χ3n) is 4.45. The van der Waals surface area contributed by atoms with Gasteiger partial charge in [-0.2, -0.15) is 5.26 Å². The van der Waals surface area contributed by atoms with Gasteiger partial charge in [-0.25, -0.2) is 0 Å². The summed E-state index contributed by atoms with van der Waals surface area (Å²) in [4.78, 5) is 5.17. The van der Waals surface area contributed by atoms with Gasteiger partial charge in [-0.3, -0.25) is 9.80 Å². The molecule has 3 rings (SSSR count). The lowest BCUT2D eigenvalue weighted by molar-refractivity contribution is 0.0456. The Morgan fingerprint density at radius 2 is 2.05 bits per heavy atom. The normalized spacial score (nSPS) is 24.7. The summed E-state index contributed by atoms with van der Waals surface area (Å²) in [6, 6.07) is 11.0. The van der Waals surface area contributed by atoms with Crippen LogP contribution in [0.5, 0.6) is 0 Å². The Morgan fingerprint density at radius 3 is 2.95 bits per heavy atom. The van der Waals surface area contributed by atoms with Crippen molar-refractivity contribution >= 4 is 0 Å². The van der Waals surface area contributed by atoms with Crippen molar-refractivity contribution in [2.45, 2.75) is 31.8 Å².